The van der Waals surface area contributed by atoms with Gasteiger partial charge < -0.3 is 9.84 Å². The zero-order chi connectivity index (χ0) is 14.9. The molecule has 110 valence electrons. The first kappa shape index (κ1) is 14.8. The molecule has 7 nitrogen and oxygen atoms in total. The van der Waals surface area contributed by atoms with Gasteiger partial charge in [-0.25, -0.2) is 17.5 Å². The van der Waals surface area contributed by atoms with E-state index in [0.717, 1.165) is 4.31 Å². The summed E-state index contributed by atoms with van der Waals surface area (Å²) in [6, 6.07) is 5.95. The smallest absolute Gasteiger partial charge is 0.414 e. The molecule has 2 rings (SSSR count). The number of anilines is 1. The minimum atomic E-state index is -3.49. The number of benzene rings is 1. The van der Waals surface area contributed by atoms with Crippen LogP contribution in [-0.4, -0.2) is 57.3 Å². The van der Waals surface area contributed by atoms with Crippen molar-refractivity contribution in [2.24, 2.45) is 0 Å². The van der Waals surface area contributed by atoms with Crippen LogP contribution in [0.1, 0.15) is 0 Å². The highest BCUT2D eigenvalue weighted by molar-refractivity contribution is 7.89. The molecule has 1 unspecified atom stereocenters. The Morgan fingerprint density at radius 3 is 2.40 bits per heavy atom. The fourth-order valence-corrected chi connectivity index (χ4v) is 2.74. The maximum Gasteiger partial charge on any atom is 0.414 e. The summed E-state index contributed by atoms with van der Waals surface area (Å²) in [7, 11) is -0.585. The lowest BCUT2D eigenvalue weighted by atomic mass is 10.3. The lowest BCUT2D eigenvalue weighted by Crippen LogP contribution is -2.25. The molecule has 1 heterocycles. The molecular weight excluding hydrogens is 284 g/mol. The number of aliphatic hydroxyl groups is 1. The molecule has 0 aromatic heterocycles. The predicted octanol–water partition coefficient (Wildman–Crippen LogP) is 0.254. The van der Waals surface area contributed by atoms with Gasteiger partial charge in [-0.1, -0.05) is 0 Å². The molecule has 1 aliphatic heterocycles. The predicted molar refractivity (Wildman–Crippen MR) is 72.0 cm³/mol. The van der Waals surface area contributed by atoms with Crippen molar-refractivity contribution in [2.75, 3.05) is 32.1 Å². The van der Waals surface area contributed by atoms with E-state index in [2.05, 4.69) is 0 Å². The zero-order valence-corrected chi connectivity index (χ0v) is 12.0. The molecule has 0 bridgehead atoms. The van der Waals surface area contributed by atoms with Crippen LogP contribution in [0.25, 0.3) is 0 Å². The van der Waals surface area contributed by atoms with E-state index in [9.17, 15) is 13.2 Å². The minimum absolute atomic E-state index is 0.150. The largest absolute Gasteiger partial charge is 0.441 e. The summed E-state index contributed by atoms with van der Waals surface area (Å²) in [5, 5.41) is 8.97. The van der Waals surface area contributed by atoms with Gasteiger partial charge in [0.15, 0.2) is 0 Å². The normalized spacial score (nSPS) is 19.5. The summed E-state index contributed by atoms with van der Waals surface area (Å²) in [5.41, 5.74) is 0.531. The molecule has 1 aromatic rings. The Labute approximate surface area is 117 Å². The van der Waals surface area contributed by atoms with E-state index in [1.807, 2.05) is 0 Å². The van der Waals surface area contributed by atoms with Gasteiger partial charge >= 0.3 is 6.09 Å². The molecule has 0 aliphatic carbocycles. The van der Waals surface area contributed by atoms with E-state index in [4.69, 9.17) is 9.84 Å². The summed E-state index contributed by atoms with van der Waals surface area (Å²) < 4.78 is 29.9. The van der Waals surface area contributed by atoms with Crippen LogP contribution in [0, 0.1) is 0 Å². The van der Waals surface area contributed by atoms with E-state index < -0.39 is 22.2 Å². The average Bonchev–Trinajstić information content (AvgIpc) is 2.80. The Bertz CT molecular complexity index is 597. The Balaban J connectivity index is 2.24. The Kier molecular flexibility index (Phi) is 3.98. The molecule has 1 amide bonds. The van der Waals surface area contributed by atoms with Crippen molar-refractivity contribution in [3.8, 4) is 0 Å². The molecule has 1 aliphatic rings. The Hall–Kier alpha value is -1.64. The van der Waals surface area contributed by atoms with Gasteiger partial charge in [-0.15, -0.1) is 0 Å². The number of hydrogen-bond donors (Lipinski definition) is 1. The first-order valence-corrected chi connectivity index (χ1v) is 7.42. The van der Waals surface area contributed by atoms with E-state index in [1.54, 1.807) is 0 Å². The van der Waals surface area contributed by atoms with Gasteiger partial charge in [-0.05, 0) is 24.3 Å². The number of ether oxygens (including phenoxy) is 1. The number of sulfonamides is 1. The first-order valence-electron chi connectivity index (χ1n) is 5.98. The molecule has 1 atom stereocenters. The van der Waals surface area contributed by atoms with Crippen LogP contribution < -0.4 is 4.90 Å². The lowest BCUT2D eigenvalue weighted by molar-refractivity contribution is 0.0963. The van der Waals surface area contributed by atoms with Crippen molar-refractivity contribution in [3.63, 3.8) is 0 Å². The molecular formula is C12H16N2O5S. The fourth-order valence-electron chi connectivity index (χ4n) is 1.84. The second kappa shape index (κ2) is 5.39. The molecule has 0 spiro atoms. The van der Waals surface area contributed by atoms with E-state index in [-0.39, 0.29) is 18.0 Å². The summed E-state index contributed by atoms with van der Waals surface area (Å²) in [5.74, 6) is 0. The van der Waals surface area contributed by atoms with Gasteiger partial charge in [-0.3, -0.25) is 4.90 Å². The molecule has 1 fully saturated rings. The van der Waals surface area contributed by atoms with Gasteiger partial charge in [0.25, 0.3) is 0 Å². The van der Waals surface area contributed by atoms with Crippen LogP contribution >= 0.6 is 0 Å². The number of nitrogens with zero attached hydrogens (tertiary/aromatic N) is 2. The van der Waals surface area contributed by atoms with E-state index in [0.29, 0.717) is 5.69 Å². The molecule has 0 saturated carbocycles. The quantitative estimate of drug-likeness (QED) is 0.861. The number of amides is 1. The van der Waals surface area contributed by atoms with Gasteiger partial charge in [0.1, 0.15) is 6.10 Å². The monoisotopic (exact) mass is 300 g/mol. The van der Waals surface area contributed by atoms with Gasteiger partial charge in [-0.2, -0.15) is 0 Å². The Morgan fingerprint density at radius 2 is 1.95 bits per heavy atom. The molecule has 1 N–H and O–H groups in total. The minimum Gasteiger partial charge on any atom is -0.441 e. The van der Waals surface area contributed by atoms with Crippen LogP contribution in [0.5, 0.6) is 0 Å². The van der Waals surface area contributed by atoms with Crippen molar-refractivity contribution in [3.05, 3.63) is 24.3 Å². The van der Waals surface area contributed by atoms with Crippen LogP contribution in [0.4, 0.5) is 10.5 Å². The number of hydrogen-bond acceptors (Lipinski definition) is 5. The summed E-state index contributed by atoms with van der Waals surface area (Å²) in [6.45, 7) is 0.00441. The molecule has 1 saturated heterocycles. The van der Waals surface area contributed by atoms with E-state index in [1.165, 1.54) is 43.3 Å². The van der Waals surface area contributed by atoms with Crippen molar-refractivity contribution in [1.82, 2.24) is 4.31 Å². The second-order valence-corrected chi connectivity index (χ2v) is 6.73. The van der Waals surface area contributed by atoms with Crippen molar-refractivity contribution < 1.29 is 23.1 Å². The molecule has 1 aromatic carbocycles. The maximum absolute atomic E-state index is 11.9. The van der Waals surface area contributed by atoms with Crippen molar-refractivity contribution in [1.29, 1.82) is 0 Å². The summed E-state index contributed by atoms with van der Waals surface area (Å²) >= 11 is 0. The molecule has 20 heavy (non-hydrogen) atoms. The zero-order valence-electron chi connectivity index (χ0n) is 11.2. The van der Waals surface area contributed by atoms with Crippen LogP contribution in [0.15, 0.2) is 29.2 Å². The Morgan fingerprint density at radius 1 is 1.35 bits per heavy atom. The van der Waals surface area contributed by atoms with Gasteiger partial charge in [0.2, 0.25) is 10.0 Å². The summed E-state index contributed by atoms with van der Waals surface area (Å²) in [6.07, 6.45) is -1.10. The number of cyclic esters (lactones) is 1. The highest BCUT2D eigenvalue weighted by Crippen LogP contribution is 2.23. The third-order valence-corrected chi connectivity index (χ3v) is 4.83. The van der Waals surface area contributed by atoms with Crippen molar-refractivity contribution >= 4 is 21.8 Å². The van der Waals surface area contributed by atoms with E-state index >= 15 is 0 Å². The second-order valence-electron chi connectivity index (χ2n) is 4.58. The topological polar surface area (TPSA) is 87.2 Å². The highest BCUT2D eigenvalue weighted by atomic mass is 32.2. The third-order valence-electron chi connectivity index (χ3n) is 3.00. The number of rotatable bonds is 4. The number of aliphatic hydroxyl groups excluding tert-OH is 1. The van der Waals surface area contributed by atoms with Gasteiger partial charge in [0, 0.05) is 19.8 Å². The SMILES string of the molecule is CN(C)S(=O)(=O)c1ccc(N2CC(CO)OC2=O)cc1. The standard InChI is InChI=1S/C12H16N2O5S/c1-13(2)20(17,18)11-5-3-9(4-6-11)14-7-10(8-15)19-12(14)16/h3-6,10,15H,7-8H2,1-2H3. The number of carbonyl (C=O) groups is 1. The highest BCUT2D eigenvalue weighted by Gasteiger charge is 2.32. The molecule has 0 radical (unpaired) electrons. The first-order chi connectivity index (χ1) is 9.36. The van der Waals surface area contributed by atoms with Crippen LogP contribution in [0.2, 0.25) is 0 Å². The third kappa shape index (κ3) is 2.62. The maximum atomic E-state index is 11.9. The van der Waals surface area contributed by atoms with Crippen LogP contribution in [0.3, 0.4) is 0 Å². The lowest BCUT2D eigenvalue weighted by Gasteiger charge is -2.15. The average molecular weight is 300 g/mol. The molecule has 8 heteroatoms. The summed E-state index contributed by atoms with van der Waals surface area (Å²) in [4.78, 5) is 13.1. The van der Waals surface area contributed by atoms with Gasteiger partial charge in [0.05, 0.1) is 18.0 Å². The number of carbonyl (C=O) groups excluding carboxylic acids is 1. The fraction of sp³-hybridized carbons (Fsp3) is 0.417. The van der Waals surface area contributed by atoms with Crippen LogP contribution in [-0.2, 0) is 14.8 Å². The van der Waals surface area contributed by atoms with Crippen molar-refractivity contribution in [2.45, 2.75) is 11.0 Å².